The van der Waals surface area contributed by atoms with E-state index in [0.717, 1.165) is 17.8 Å². The van der Waals surface area contributed by atoms with E-state index in [2.05, 4.69) is 10.4 Å². The molecule has 0 aliphatic rings. The molecule has 1 atom stereocenters. The van der Waals surface area contributed by atoms with E-state index < -0.39 is 5.54 Å². The summed E-state index contributed by atoms with van der Waals surface area (Å²) in [6.45, 7) is 5.89. The molecule has 5 heteroatoms. The van der Waals surface area contributed by atoms with E-state index >= 15 is 0 Å². The highest BCUT2D eigenvalue weighted by atomic mass is 16.3. The maximum absolute atomic E-state index is 12.4. The fourth-order valence-electron chi connectivity index (χ4n) is 2.33. The van der Waals surface area contributed by atoms with E-state index in [1.807, 2.05) is 51.1 Å². The fraction of sp³-hybridized carbons (Fsp3) is 0.412. The molecule has 0 saturated carbocycles. The largest absolute Gasteiger partial charge is 0.396 e. The van der Waals surface area contributed by atoms with Gasteiger partial charge in [0.25, 0.3) is 5.91 Å². The lowest BCUT2D eigenvalue weighted by Crippen LogP contribution is -2.46. The molecule has 0 radical (unpaired) electrons. The third-order valence-electron chi connectivity index (χ3n) is 3.98. The van der Waals surface area contributed by atoms with Crippen LogP contribution in [-0.4, -0.2) is 32.9 Å². The van der Waals surface area contributed by atoms with E-state index in [9.17, 15) is 4.79 Å². The Morgan fingerprint density at radius 1 is 1.36 bits per heavy atom. The highest BCUT2D eigenvalue weighted by molar-refractivity contribution is 5.93. The van der Waals surface area contributed by atoms with Crippen LogP contribution < -0.4 is 5.32 Å². The molecule has 2 rings (SSSR count). The summed E-state index contributed by atoms with van der Waals surface area (Å²) in [7, 11) is 0. The van der Waals surface area contributed by atoms with Gasteiger partial charge in [0.2, 0.25) is 0 Å². The number of rotatable bonds is 6. The first-order valence-corrected chi connectivity index (χ1v) is 7.54. The third-order valence-corrected chi connectivity index (χ3v) is 3.98. The summed E-state index contributed by atoms with van der Waals surface area (Å²) in [5.41, 5.74) is 1.79. The highest BCUT2D eigenvalue weighted by Crippen LogP contribution is 2.16. The molecule has 0 saturated heterocycles. The van der Waals surface area contributed by atoms with Gasteiger partial charge >= 0.3 is 0 Å². The van der Waals surface area contributed by atoms with Crippen molar-refractivity contribution in [3.8, 4) is 5.69 Å². The second-order valence-electron chi connectivity index (χ2n) is 5.76. The number of aromatic nitrogens is 2. The molecule has 0 aliphatic carbocycles. The van der Waals surface area contributed by atoms with Gasteiger partial charge in [-0.2, -0.15) is 5.10 Å². The Labute approximate surface area is 131 Å². The van der Waals surface area contributed by atoms with Gasteiger partial charge in [-0.3, -0.25) is 4.79 Å². The van der Waals surface area contributed by atoms with Gasteiger partial charge in [0, 0.05) is 17.8 Å². The third kappa shape index (κ3) is 3.54. The second kappa shape index (κ2) is 6.75. The average Bonchev–Trinajstić information content (AvgIpc) is 2.90. The summed E-state index contributed by atoms with van der Waals surface area (Å²) < 4.78 is 1.75. The number of nitrogens with one attached hydrogen (secondary N) is 1. The summed E-state index contributed by atoms with van der Waals surface area (Å²) in [6.07, 6.45) is 1.27. The van der Waals surface area contributed by atoms with Gasteiger partial charge in [-0.15, -0.1) is 0 Å². The Morgan fingerprint density at radius 2 is 2.05 bits per heavy atom. The van der Waals surface area contributed by atoms with Crippen LogP contribution in [0.2, 0.25) is 0 Å². The number of carbonyl (C=O) groups excluding carboxylic acids is 1. The van der Waals surface area contributed by atoms with Crippen molar-refractivity contribution in [2.24, 2.45) is 0 Å². The number of aliphatic hydroxyl groups is 1. The zero-order valence-corrected chi connectivity index (χ0v) is 13.3. The molecule has 118 valence electrons. The molecule has 1 unspecified atom stereocenters. The van der Waals surface area contributed by atoms with Crippen molar-refractivity contribution >= 4 is 5.91 Å². The molecule has 1 heterocycles. The molecule has 0 fully saturated rings. The van der Waals surface area contributed by atoms with Gasteiger partial charge < -0.3 is 10.4 Å². The molecule has 5 nitrogen and oxygen atoms in total. The summed E-state index contributed by atoms with van der Waals surface area (Å²) >= 11 is 0. The van der Waals surface area contributed by atoms with Crippen molar-refractivity contribution in [3.05, 3.63) is 47.8 Å². The maximum Gasteiger partial charge on any atom is 0.272 e. The van der Waals surface area contributed by atoms with Gasteiger partial charge in [0.15, 0.2) is 5.69 Å². The molecule has 2 aromatic rings. The van der Waals surface area contributed by atoms with Crippen LogP contribution in [0.1, 0.15) is 42.9 Å². The van der Waals surface area contributed by atoms with E-state index in [1.54, 1.807) is 10.7 Å². The zero-order valence-electron chi connectivity index (χ0n) is 13.3. The molecule has 1 aromatic carbocycles. The Morgan fingerprint density at radius 3 is 2.64 bits per heavy atom. The molecule has 0 bridgehead atoms. The van der Waals surface area contributed by atoms with Crippen LogP contribution in [0.3, 0.4) is 0 Å². The predicted molar refractivity (Wildman–Crippen MR) is 86.2 cm³/mol. The minimum atomic E-state index is -0.420. The minimum Gasteiger partial charge on any atom is -0.396 e. The van der Waals surface area contributed by atoms with Crippen LogP contribution in [0, 0.1) is 6.92 Å². The molecule has 0 spiro atoms. The number of benzene rings is 1. The zero-order chi connectivity index (χ0) is 16.2. The maximum atomic E-state index is 12.4. The Hall–Kier alpha value is -2.14. The lowest BCUT2D eigenvalue weighted by molar-refractivity contribution is 0.0880. The topological polar surface area (TPSA) is 67.2 Å². The van der Waals surface area contributed by atoms with Crippen LogP contribution in [-0.2, 0) is 0 Å². The van der Waals surface area contributed by atoms with Crippen LogP contribution in [0.15, 0.2) is 36.4 Å². The quantitative estimate of drug-likeness (QED) is 0.861. The predicted octanol–water partition coefficient (Wildman–Crippen LogP) is 2.46. The summed E-state index contributed by atoms with van der Waals surface area (Å²) in [5.74, 6) is -0.212. The first-order valence-electron chi connectivity index (χ1n) is 7.54. The van der Waals surface area contributed by atoms with Gasteiger partial charge in [-0.25, -0.2) is 4.68 Å². The van der Waals surface area contributed by atoms with Crippen LogP contribution in [0.4, 0.5) is 0 Å². The molecule has 0 aliphatic heterocycles. The van der Waals surface area contributed by atoms with Crippen LogP contribution in [0.5, 0.6) is 0 Å². The minimum absolute atomic E-state index is 0.0438. The first kappa shape index (κ1) is 16.2. The van der Waals surface area contributed by atoms with Crippen molar-refractivity contribution in [3.63, 3.8) is 0 Å². The standard InChI is InChI=1S/C17H23N3O2/c1-4-17(3,10-11-21)18-16(22)15-12-13(2)20(19-15)14-8-6-5-7-9-14/h5-9,12,21H,4,10-11H2,1-3H3,(H,18,22). The van der Waals surface area contributed by atoms with Gasteiger partial charge in [0.05, 0.1) is 5.69 Å². The lowest BCUT2D eigenvalue weighted by Gasteiger charge is -2.28. The van der Waals surface area contributed by atoms with Crippen molar-refractivity contribution < 1.29 is 9.90 Å². The second-order valence-corrected chi connectivity index (χ2v) is 5.76. The van der Waals surface area contributed by atoms with E-state index in [4.69, 9.17) is 5.11 Å². The van der Waals surface area contributed by atoms with Crippen molar-refractivity contribution in [1.82, 2.24) is 15.1 Å². The number of hydrogen-bond acceptors (Lipinski definition) is 3. The SMILES string of the molecule is CCC(C)(CCO)NC(=O)c1cc(C)n(-c2ccccc2)n1. The van der Waals surface area contributed by atoms with Gasteiger partial charge in [0.1, 0.15) is 0 Å². The average molecular weight is 301 g/mol. The normalized spacial score (nSPS) is 13.6. The van der Waals surface area contributed by atoms with E-state index in [1.165, 1.54) is 0 Å². The Balaban J connectivity index is 2.22. The lowest BCUT2D eigenvalue weighted by atomic mass is 9.95. The Kier molecular flexibility index (Phi) is 4.98. The van der Waals surface area contributed by atoms with Crippen LogP contribution in [0.25, 0.3) is 5.69 Å². The number of para-hydroxylation sites is 1. The molecule has 22 heavy (non-hydrogen) atoms. The summed E-state index contributed by atoms with van der Waals surface area (Å²) in [5, 5.41) is 16.5. The number of carbonyl (C=O) groups is 1. The van der Waals surface area contributed by atoms with Gasteiger partial charge in [-0.05, 0) is 44.9 Å². The number of amides is 1. The molecule has 2 N–H and O–H groups in total. The molecule has 1 amide bonds. The fourth-order valence-corrected chi connectivity index (χ4v) is 2.33. The molecular weight excluding hydrogens is 278 g/mol. The van der Waals surface area contributed by atoms with Crippen molar-refractivity contribution in [2.45, 2.75) is 39.2 Å². The number of aryl methyl sites for hydroxylation is 1. The van der Waals surface area contributed by atoms with Crippen LogP contribution >= 0.6 is 0 Å². The number of hydrogen-bond donors (Lipinski definition) is 2. The monoisotopic (exact) mass is 301 g/mol. The van der Waals surface area contributed by atoms with Gasteiger partial charge in [-0.1, -0.05) is 25.1 Å². The van der Waals surface area contributed by atoms with Crippen molar-refractivity contribution in [2.75, 3.05) is 6.61 Å². The van der Waals surface area contributed by atoms with E-state index in [0.29, 0.717) is 12.1 Å². The summed E-state index contributed by atoms with van der Waals surface area (Å²) in [6, 6.07) is 11.5. The molecular formula is C17H23N3O2. The van der Waals surface area contributed by atoms with E-state index in [-0.39, 0.29) is 12.5 Å². The number of nitrogens with zero attached hydrogens (tertiary/aromatic N) is 2. The van der Waals surface area contributed by atoms with Crippen molar-refractivity contribution in [1.29, 1.82) is 0 Å². The number of aliphatic hydroxyl groups excluding tert-OH is 1. The molecule has 1 aromatic heterocycles. The Bertz CT molecular complexity index is 637. The smallest absolute Gasteiger partial charge is 0.272 e. The highest BCUT2D eigenvalue weighted by Gasteiger charge is 2.25. The summed E-state index contributed by atoms with van der Waals surface area (Å²) in [4.78, 5) is 12.4. The first-order chi connectivity index (χ1) is 10.5.